The molecule has 2 fully saturated rings. The smallest absolute Gasteiger partial charge is 0.0712 e. The SMILES string of the molecule is OC1([C]2CC2)CC1. The Bertz CT molecular complexity index is 90.4. The molecule has 1 heteroatoms. The number of rotatable bonds is 1. The Kier molecular flexibility index (Phi) is 0.487. The topological polar surface area (TPSA) is 20.2 Å². The summed E-state index contributed by atoms with van der Waals surface area (Å²) >= 11 is 0. The van der Waals surface area contributed by atoms with Crippen LogP contribution in [-0.4, -0.2) is 10.7 Å². The third-order valence-electron chi connectivity index (χ3n) is 1.88. The van der Waals surface area contributed by atoms with E-state index in [1.54, 1.807) is 0 Å². The molecule has 0 bridgehead atoms. The summed E-state index contributed by atoms with van der Waals surface area (Å²) in [6.07, 6.45) is 4.50. The Morgan fingerprint density at radius 3 is 2.00 bits per heavy atom. The molecule has 0 aromatic carbocycles. The fourth-order valence-electron chi connectivity index (χ4n) is 1.000. The van der Waals surface area contributed by atoms with Gasteiger partial charge in [0, 0.05) is 5.92 Å². The van der Waals surface area contributed by atoms with Gasteiger partial charge in [0.05, 0.1) is 5.60 Å². The van der Waals surface area contributed by atoms with Gasteiger partial charge in [-0.25, -0.2) is 0 Å². The number of aliphatic hydroxyl groups is 1. The summed E-state index contributed by atoms with van der Waals surface area (Å²) in [6, 6.07) is 0. The fourth-order valence-corrected chi connectivity index (χ4v) is 1.000. The van der Waals surface area contributed by atoms with Crippen LogP contribution in [0.2, 0.25) is 0 Å². The molecule has 2 aliphatic rings. The monoisotopic (exact) mass is 97.1 g/mol. The second-order valence-electron chi connectivity index (χ2n) is 2.64. The zero-order chi connectivity index (χ0) is 4.91. The molecule has 2 saturated carbocycles. The van der Waals surface area contributed by atoms with E-state index in [9.17, 15) is 5.11 Å². The molecule has 39 valence electrons. The van der Waals surface area contributed by atoms with E-state index in [-0.39, 0.29) is 5.60 Å². The fraction of sp³-hybridized carbons (Fsp3) is 0.833. The largest absolute Gasteiger partial charge is 0.389 e. The van der Waals surface area contributed by atoms with Crippen molar-refractivity contribution in [1.29, 1.82) is 0 Å². The first-order valence-electron chi connectivity index (χ1n) is 2.89. The van der Waals surface area contributed by atoms with Crippen LogP contribution in [-0.2, 0) is 0 Å². The van der Waals surface area contributed by atoms with Gasteiger partial charge in [0.25, 0.3) is 0 Å². The summed E-state index contributed by atoms with van der Waals surface area (Å²) < 4.78 is 0. The van der Waals surface area contributed by atoms with E-state index in [0.717, 1.165) is 12.8 Å². The second-order valence-corrected chi connectivity index (χ2v) is 2.64. The number of hydrogen-bond acceptors (Lipinski definition) is 1. The van der Waals surface area contributed by atoms with E-state index in [2.05, 4.69) is 0 Å². The average molecular weight is 97.1 g/mol. The molecule has 0 spiro atoms. The molecule has 7 heavy (non-hydrogen) atoms. The van der Waals surface area contributed by atoms with Gasteiger partial charge in [-0.05, 0) is 25.7 Å². The minimum Gasteiger partial charge on any atom is -0.389 e. The Hall–Kier alpha value is -0.0400. The van der Waals surface area contributed by atoms with Crippen LogP contribution in [0.1, 0.15) is 25.7 Å². The van der Waals surface area contributed by atoms with E-state index in [1.165, 1.54) is 18.8 Å². The van der Waals surface area contributed by atoms with Gasteiger partial charge in [-0.15, -0.1) is 0 Å². The lowest BCUT2D eigenvalue weighted by atomic mass is 10.2. The highest BCUT2D eigenvalue weighted by Crippen LogP contribution is 2.55. The summed E-state index contributed by atoms with van der Waals surface area (Å²) in [7, 11) is 0. The highest BCUT2D eigenvalue weighted by molar-refractivity contribution is 5.26. The maximum Gasteiger partial charge on any atom is 0.0712 e. The maximum atomic E-state index is 9.23. The highest BCUT2D eigenvalue weighted by atomic mass is 16.3. The van der Waals surface area contributed by atoms with Gasteiger partial charge < -0.3 is 5.11 Å². The molecule has 0 aliphatic heterocycles. The van der Waals surface area contributed by atoms with Crippen LogP contribution in [0.25, 0.3) is 0 Å². The van der Waals surface area contributed by atoms with Crippen molar-refractivity contribution in [3.8, 4) is 0 Å². The van der Waals surface area contributed by atoms with Gasteiger partial charge in [-0.1, -0.05) is 0 Å². The Morgan fingerprint density at radius 1 is 1.29 bits per heavy atom. The third-order valence-corrected chi connectivity index (χ3v) is 1.88. The highest BCUT2D eigenvalue weighted by Gasteiger charge is 2.52. The zero-order valence-electron chi connectivity index (χ0n) is 4.28. The predicted molar refractivity (Wildman–Crippen MR) is 26.7 cm³/mol. The minimum absolute atomic E-state index is 0.222. The lowest BCUT2D eigenvalue weighted by Gasteiger charge is -1.99. The van der Waals surface area contributed by atoms with Crippen LogP contribution in [0.4, 0.5) is 0 Å². The van der Waals surface area contributed by atoms with Gasteiger partial charge in [0.2, 0.25) is 0 Å². The van der Waals surface area contributed by atoms with Crippen LogP contribution in [0.5, 0.6) is 0 Å². The first-order chi connectivity index (χ1) is 3.31. The van der Waals surface area contributed by atoms with Crippen LogP contribution in [0.3, 0.4) is 0 Å². The molecule has 0 saturated heterocycles. The van der Waals surface area contributed by atoms with E-state index in [1.807, 2.05) is 0 Å². The Balaban J connectivity index is 2.04. The average Bonchev–Trinajstić information content (AvgIpc) is 2.14. The lowest BCUT2D eigenvalue weighted by Crippen LogP contribution is -2.06. The van der Waals surface area contributed by atoms with Gasteiger partial charge in [0.15, 0.2) is 0 Å². The van der Waals surface area contributed by atoms with Gasteiger partial charge in [-0.2, -0.15) is 0 Å². The van der Waals surface area contributed by atoms with Gasteiger partial charge in [0.1, 0.15) is 0 Å². The van der Waals surface area contributed by atoms with Crippen LogP contribution in [0.15, 0.2) is 0 Å². The molecule has 1 nitrogen and oxygen atoms in total. The predicted octanol–water partition coefficient (Wildman–Crippen LogP) is 0.880. The molecule has 0 atom stereocenters. The molecule has 0 aromatic heterocycles. The van der Waals surface area contributed by atoms with E-state index in [4.69, 9.17) is 0 Å². The molecular formula is C6H9O. The van der Waals surface area contributed by atoms with E-state index < -0.39 is 0 Å². The van der Waals surface area contributed by atoms with Crippen molar-refractivity contribution in [1.82, 2.24) is 0 Å². The summed E-state index contributed by atoms with van der Waals surface area (Å²) in [4.78, 5) is 0. The Labute approximate surface area is 43.3 Å². The molecule has 1 N–H and O–H groups in total. The number of hydrogen-bond donors (Lipinski definition) is 1. The zero-order valence-corrected chi connectivity index (χ0v) is 4.28. The van der Waals surface area contributed by atoms with Crippen molar-refractivity contribution >= 4 is 0 Å². The van der Waals surface area contributed by atoms with Crippen molar-refractivity contribution < 1.29 is 5.11 Å². The molecule has 2 aliphatic carbocycles. The molecule has 0 aromatic rings. The van der Waals surface area contributed by atoms with E-state index >= 15 is 0 Å². The molecule has 2 rings (SSSR count). The van der Waals surface area contributed by atoms with Crippen molar-refractivity contribution in [2.75, 3.05) is 0 Å². The minimum atomic E-state index is -0.222. The van der Waals surface area contributed by atoms with Crippen molar-refractivity contribution in [2.45, 2.75) is 31.3 Å². The molecule has 0 heterocycles. The maximum absolute atomic E-state index is 9.23. The molecule has 0 amide bonds. The summed E-state index contributed by atoms with van der Waals surface area (Å²) in [6.45, 7) is 0. The molecule has 0 unspecified atom stereocenters. The van der Waals surface area contributed by atoms with Crippen molar-refractivity contribution in [2.24, 2.45) is 0 Å². The Morgan fingerprint density at radius 2 is 1.86 bits per heavy atom. The van der Waals surface area contributed by atoms with Gasteiger partial charge >= 0.3 is 0 Å². The van der Waals surface area contributed by atoms with Crippen LogP contribution < -0.4 is 0 Å². The third kappa shape index (κ3) is 0.480. The van der Waals surface area contributed by atoms with Crippen molar-refractivity contribution in [3.05, 3.63) is 5.92 Å². The van der Waals surface area contributed by atoms with Crippen LogP contribution in [0, 0.1) is 5.92 Å². The van der Waals surface area contributed by atoms with Crippen LogP contribution >= 0.6 is 0 Å². The van der Waals surface area contributed by atoms with E-state index in [0.29, 0.717) is 0 Å². The second kappa shape index (κ2) is 0.873. The summed E-state index contributed by atoms with van der Waals surface area (Å²) in [5.41, 5.74) is -0.222. The molecule has 1 radical (unpaired) electrons. The lowest BCUT2D eigenvalue weighted by molar-refractivity contribution is 0.178. The summed E-state index contributed by atoms with van der Waals surface area (Å²) in [5.74, 6) is 1.41. The first-order valence-corrected chi connectivity index (χ1v) is 2.89. The first kappa shape index (κ1) is 3.90. The quantitative estimate of drug-likeness (QED) is 0.515. The normalized spacial score (nSPS) is 35.6. The van der Waals surface area contributed by atoms with Gasteiger partial charge in [-0.3, -0.25) is 0 Å². The van der Waals surface area contributed by atoms with Crippen molar-refractivity contribution in [3.63, 3.8) is 0 Å². The standard InChI is InChI=1S/C6H9O/c7-6(3-4-6)5-1-2-5/h7H,1-4H2. The summed E-state index contributed by atoms with van der Waals surface area (Å²) in [5, 5.41) is 9.23. The molecular weight excluding hydrogens is 88.1 g/mol.